The standard InChI is InChI=1S/C37H56N12O16S/c1-17(2)30(37(64)65)48-35(62)21(8-18-10-39-16-43-18)46-36(63)24-4-3-7-49(24)27(53)13-40-25(51)11-41-33(60)23(14-50)47-34(61)22(9-29(56)57)44-26(52)12-42-32(59)20(5-6-28(54)55)45-31(58)19(38)15-66/h10,16-17,19-24,30,50,66H,3-9,11-15,38H2,1-2H3,(H,39,43)(H,40,51)(H,41,60)(H,42,59)(H,44,52)(H,45,58)(H,46,63)(H,47,61)(H,48,62)(H,54,55)(H,56,57)(H,64,65)/t19-,20-,21-,22-,23-,24-,30-/m0/s1. The molecule has 29 heteroatoms. The molecule has 66 heavy (non-hydrogen) atoms. The van der Waals surface area contributed by atoms with Gasteiger partial charge in [0.05, 0.1) is 45.0 Å². The zero-order valence-corrected chi connectivity index (χ0v) is 36.8. The Labute approximate surface area is 381 Å². The van der Waals surface area contributed by atoms with Crippen molar-refractivity contribution in [2.75, 3.05) is 38.5 Å². The van der Waals surface area contributed by atoms with E-state index in [9.17, 15) is 72.9 Å². The number of rotatable bonds is 28. The number of amides is 9. The van der Waals surface area contributed by atoms with Crippen molar-refractivity contribution in [2.24, 2.45) is 11.7 Å². The van der Waals surface area contributed by atoms with E-state index in [-0.39, 0.29) is 25.1 Å². The second kappa shape index (κ2) is 27.4. The van der Waals surface area contributed by atoms with Crippen molar-refractivity contribution < 1.29 is 78.0 Å². The Hall–Kier alpha value is -6.88. The maximum absolute atomic E-state index is 13.4. The molecule has 0 unspecified atom stereocenters. The highest BCUT2D eigenvalue weighted by Crippen LogP contribution is 2.18. The lowest BCUT2D eigenvalue weighted by Gasteiger charge is -2.27. The molecule has 0 saturated carbocycles. The number of carbonyl (C=O) groups excluding carboxylic acids is 9. The lowest BCUT2D eigenvalue weighted by molar-refractivity contribution is -0.144. The number of carboxylic acids is 3. The average Bonchev–Trinajstić information content (AvgIpc) is 3.98. The number of aromatic nitrogens is 2. The molecule has 7 atom stereocenters. The molecule has 2 heterocycles. The number of aliphatic carboxylic acids is 3. The summed E-state index contributed by atoms with van der Waals surface area (Å²) in [5, 5.41) is 55.5. The van der Waals surface area contributed by atoms with E-state index in [1.165, 1.54) is 17.4 Å². The van der Waals surface area contributed by atoms with Gasteiger partial charge in [0.25, 0.3) is 0 Å². The molecule has 0 radical (unpaired) electrons. The van der Waals surface area contributed by atoms with Crippen LogP contribution in [0.2, 0.25) is 0 Å². The van der Waals surface area contributed by atoms with Gasteiger partial charge in [-0.3, -0.25) is 52.7 Å². The van der Waals surface area contributed by atoms with Gasteiger partial charge in [-0.2, -0.15) is 12.6 Å². The lowest BCUT2D eigenvalue weighted by atomic mass is 10.0. The summed E-state index contributed by atoms with van der Waals surface area (Å²) >= 11 is 3.87. The number of imidazole rings is 1. The van der Waals surface area contributed by atoms with Crippen LogP contribution in [-0.4, -0.2) is 187 Å². The minimum atomic E-state index is -1.89. The van der Waals surface area contributed by atoms with E-state index in [4.69, 9.17) is 10.8 Å². The van der Waals surface area contributed by atoms with Crippen LogP contribution < -0.4 is 48.3 Å². The first-order valence-electron chi connectivity index (χ1n) is 20.3. The average molecular weight is 957 g/mol. The van der Waals surface area contributed by atoms with Gasteiger partial charge in [0, 0.05) is 37.0 Å². The Kier molecular flexibility index (Phi) is 23.0. The summed E-state index contributed by atoms with van der Waals surface area (Å²) < 4.78 is 0. The SMILES string of the molecule is CC(C)[C@H](NC(=O)[C@H](Cc1cnc[nH]1)NC(=O)[C@@H]1CCCN1C(=O)CNC(=O)CNC(=O)[C@H](CO)NC(=O)[C@H](CC(=O)O)NC(=O)CNC(=O)[C@H](CCC(=O)O)NC(=O)[C@@H](N)CS)C(=O)O. The second-order valence-corrected chi connectivity index (χ2v) is 15.5. The number of hydrogen-bond acceptors (Lipinski definition) is 16. The monoisotopic (exact) mass is 956 g/mol. The minimum Gasteiger partial charge on any atom is -0.481 e. The maximum Gasteiger partial charge on any atom is 0.326 e. The number of nitrogens with one attached hydrogen (secondary N) is 9. The molecule has 1 aliphatic heterocycles. The third-order valence-corrected chi connectivity index (χ3v) is 10.1. The van der Waals surface area contributed by atoms with E-state index in [2.05, 4.69) is 54.5 Å². The van der Waals surface area contributed by atoms with Gasteiger partial charge in [-0.15, -0.1) is 0 Å². The first kappa shape index (κ1) is 55.3. The van der Waals surface area contributed by atoms with E-state index < -0.39 is 165 Å². The topological polar surface area (TPSA) is 440 Å². The molecule has 0 bridgehead atoms. The fraction of sp³-hybridized carbons (Fsp3) is 0.595. The Morgan fingerprint density at radius 2 is 1.39 bits per heavy atom. The molecule has 1 aromatic rings. The Morgan fingerprint density at radius 3 is 1.95 bits per heavy atom. The van der Waals surface area contributed by atoms with Crippen molar-refractivity contribution in [3.05, 3.63) is 18.2 Å². The minimum absolute atomic E-state index is 0.0930. The number of aliphatic hydroxyl groups excluding tert-OH is 1. The summed E-state index contributed by atoms with van der Waals surface area (Å²) in [6, 6.07) is -9.89. The van der Waals surface area contributed by atoms with Crippen LogP contribution in [-0.2, 0) is 64.0 Å². The number of carboxylic acid groups (broad SMARTS) is 3. The normalized spacial score (nSPS) is 15.9. The van der Waals surface area contributed by atoms with Crippen LogP contribution in [0.4, 0.5) is 0 Å². The Balaban J connectivity index is 1.96. The molecular formula is C37H56N12O16S. The van der Waals surface area contributed by atoms with E-state index in [0.717, 1.165) is 0 Å². The van der Waals surface area contributed by atoms with Gasteiger partial charge in [0.1, 0.15) is 36.3 Å². The van der Waals surface area contributed by atoms with Gasteiger partial charge in [-0.25, -0.2) is 9.78 Å². The van der Waals surface area contributed by atoms with Gasteiger partial charge in [0.15, 0.2) is 0 Å². The predicted octanol–water partition coefficient (Wildman–Crippen LogP) is -6.95. The molecule has 28 nitrogen and oxygen atoms in total. The van der Waals surface area contributed by atoms with Crippen LogP contribution in [0.3, 0.4) is 0 Å². The van der Waals surface area contributed by atoms with E-state index in [1.54, 1.807) is 13.8 Å². The Bertz CT molecular complexity index is 1940. The van der Waals surface area contributed by atoms with E-state index in [1.807, 2.05) is 10.6 Å². The molecule has 366 valence electrons. The van der Waals surface area contributed by atoms with Gasteiger partial charge >= 0.3 is 17.9 Å². The van der Waals surface area contributed by atoms with Crippen LogP contribution in [0, 0.1) is 5.92 Å². The molecular weight excluding hydrogens is 901 g/mol. The molecule has 15 N–H and O–H groups in total. The van der Waals surface area contributed by atoms with Crippen LogP contribution in [0.25, 0.3) is 0 Å². The number of hydrogen-bond donors (Lipinski definition) is 15. The van der Waals surface area contributed by atoms with Crippen LogP contribution >= 0.6 is 12.6 Å². The fourth-order valence-corrected chi connectivity index (χ4v) is 6.28. The van der Waals surface area contributed by atoms with Crippen molar-refractivity contribution in [1.29, 1.82) is 0 Å². The number of nitrogens with two attached hydrogens (primary N) is 1. The number of H-pyrrole nitrogens is 1. The highest BCUT2D eigenvalue weighted by atomic mass is 32.1. The van der Waals surface area contributed by atoms with Gasteiger partial charge in [-0.1, -0.05) is 13.8 Å². The third-order valence-electron chi connectivity index (χ3n) is 9.66. The molecule has 0 spiro atoms. The van der Waals surface area contributed by atoms with Crippen molar-refractivity contribution in [3.63, 3.8) is 0 Å². The molecule has 9 amide bonds. The highest BCUT2D eigenvalue weighted by molar-refractivity contribution is 7.80. The van der Waals surface area contributed by atoms with Gasteiger partial charge in [0.2, 0.25) is 53.2 Å². The number of carbonyl (C=O) groups is 12. The van der Waals surface area contributed by atoms with Crippen molar-refractivity contribution in [1.82, 2.24) is 57.4 Å². The van der Waals surface area contributed by atoms with E-state index in [0.29, 0.717) is 12.1 Å². The van der Waals surface area contributed by atoms with Crippen LogP contribution in [0.15, 0.2) is 12.5 Å². The second-order valence-electron chi connectivity index (χ2n) is 15.1. The number of aliphatic hydroxyl groups is 1. The summed E-state index contributed by atoms with van der Waals surface area (Å²) in [5.74, 6) is -13.4. The van der Waals surface area contributed by atoms with Crippen molar-refractivity contribution in [3.8, 4) is 0 Å². The number of likely N-dealkylation sites (tertiary alicyclic amines) is 1. The van der Waals surface area contributed by atoms with Crippen molar-refractivity contribution in [2.45, 2.75) is 94.7 Å². The maximum atomic E-state index is 13.4. The molecule has 0 aliphatic carbocycles. The van der Waals surface area contributed by atoms with Gasteiger partial charge < -0.3 is 78.6 Å². The summed E-state index contributed by atoms with van der Waals surface area (Å²) in [7, 11) is 0. The van der Waals surface area contributed by atoms with Gasteiger partial charge in [-0.05, 0) is 25.2 Å². The molecule has 0 aromatic carbocycles. The highest BCUT2D eigenvalue weighted by Gasteiger charge is 2.37. The fourth-order valence-electron chi connectivity index (χ4n) is 6.11. The number of thiol groups is 1. The first-order valence-corrected chi connectivity index (χ1v) is 20.9. The summed E-state index contributed by atoms with van der Waals surface area (Å²) in [4.78, 5) is 158. The summed E-state index contributed by atoms with van der Waals surface area (Å²) in [6.45, 7) is -0.141. The van der Waals surface area contributed by atoms with Crippen LogP contribution in [0.1, 0.15) is 51.6 Å². The smallest absolute Gasteiger partial charge is 0.326 e. The largest absolute Gasteiger partial charge is 0.481 e. The number of aromatic amines is 1. The summed E-state index contributed by atoms with van der Waals surface area (Å²) in [5.41, 5.74) is 6.02. The Morgan fingerprint density at radius 1 is 0.773 bits per heavy atom. The first-order chi connectivity index (χ1) is 31.1. The zero-order chi connectivity index (χ0) is 49.7. The third kappa shape index (κ3) is 18.7. The summed E-state index contributed by atoms with van der Waals surface area (Å²) in [6.07, 6.45) is 1.22. The lowest BCUT2D eigenvalue weighted by Crippen LogP contribution is -2.57. The molecule has 1 aromatic heterocycles. The number of nitrogens with zero attached hydrogens (tertiary/aromatic N) is 2. The molecule has 1 fully saturated rings. The predicted molar refractivity (Wildman–Crippen MR) is 226 cm³/mol. The van der Waals surface area contributed by atoms with Crippen molar-refractivity contribution >= 4 is 83.7 Å². The quantitative estimate of drug-likeness (QED) is 0.0347. The van der Waals surface area contributed by atoms with Crippen LogP contribution in [0.5, 0.6) is 0 Å². The zero-order valence-electron chi connectivity index (χ0n) is 35.9. The van der Waals surface area contributed by atoms with E-state index >= 15 is 0 Å². The molecule has 1 saturated heterocycles. The molecule has 2 rings (SSSR count). The molecule has 1 aliphatic rings.